The van der Waals surface area contributed by atoms with Crippen molar-refractivity contribution in [1.29, 1.82) is 0 Å². The molecule has 0 unspecified atom stereocenters. The topological polar surface area (TPSA) is 69.6 Å². The first kappa shape index (κ1) is 11.4. The molecule has 2 fully saturated rings. The summed E-state index contributed by atoms with van der Waals surface area (Å²) in [5, 5.41) is 11.9. The Morgan fingerprint density at radius 3 is 2.56 bits per heavy atom. The lowest BCUT2D eigenvalue weighted by atomic mass is 10.1. The lowest BCUT2D eigenvalue weighted by molar-refractivity contribution is -0.141. The molecule has 2 amide bonds. The molecule has 0 aromatic heterocycles. The van der Waals surface area contributed by atoms with E-state index in [1.54, 1.807) is 4.90 Å². The standard InChI is InChI=1S/C11H18N2O3/c14-9-6-13(7-9)10(15)2-1-5-12-11(16)8-3-4-8/h8-9,14H,1-7H2,(H,12,16). The molecule has 0 aromatic rings. The fourth-order valence-corrected chi connectivity index (χ4v) is 1.76. The van der Waals surface area contributed by atoms with E-state index in [0.29, 0.717) is 32.5 Å². The van der Waals surface area contributed by atoms with Crippen molar-refractivity contribution < 1.29 is 14.7 Å². The van der Waals surface area contributed by atoms with Gasteiger partial charge in [0.25, 0.3) is 0 Å². The van der Waals surface area contributed by atoms with Crippen molar-refractivity contribution in [3.05, 3.63) is 0 Å². The van der Waals surface area contributed by atoms with E-state index in [-0.39, 0.29) is 23.8 Å². The van der Waals surface area contributed by atoms with E-state index >= 15 is 0 Å². The lowest BCUT2D eigenvalue weighted by Gasteiger charge is -2.35. The van der Waals surface area contributed by atoms with Crippen molar-refractivity contribution >= 4 is 11.8 Å². The Bertz CT molecular complexity index is 283. The second-order valence-electron chi connectivity index (χ2n) is 4.62. The largest absolute Gasteiger partial charge is 0.389 e. The molecule has 0 aromatic carbocycles. The third-order valence-electron chi connectivity index (χ3n) is 3.03. The van der Waals surface area contributed by atoms with Gasteiger partial charge in [-0.1, -0.05) is 0 Å². The first-order valence-electron chi connectivity index (χ1n) is 5.90. The van der Waals surface area contributed by atoms with Crippen LogP contribution in [0.4, 0.5) is 0 Å². The molecular weight excluding hydrogens is 208 g/mol. The number of rotatable bonds is 5. The van der Waals surface area contributed by atoms with Crippen LogP contribution in [0.2, 0.25) is 0 Å². The van der Waals surface area contributed by atoms with Crippen molar-refractivity contribution in [2.24, 2.45) is 5.92 Å². The molecule has 5 nitrogen and oxygen atoms in total. The molecule has 5 heteroatoms. The van der Waals surface area contributed by atoms with Crippen molar-refractivity contribution in [1.82, 2.24) is 10.2 Å². The molecule has 2 N–H and O–H groups in total. The van der Waals surface area contributed by atoms with Crippen LogP contribution in [0.5, 0.6) is 0 Å². The third kappa shape index (κ3) is 2.95. The first-order valence-corrected chi connectivity index (χ1v) is 5.90. The molecule has 1 aliphatic carbocycles. The summed E-state index contributed by atoms with van der Waals surface area (Å²) >= 11 is 0. The summed E-state index contributed by atoms with van der Waals surface area (Å²) in [6.45, 7) is 1.51. The van der Waals surface area contributed by atoms with Crippen LogP contribution in [0.25, 0.3) is 0 Å². The number of likely N-dealkylation sites (tertiary alicyclic amines) is 1. The average molecular weight is 226 g/mol. The molecule has 1 saturated carbocycles. The maximum Gasteiger partial charge on any atom is 0.223 e. The number of β-amino-alcohol motifs (C(OH)–C–C–N with tert-alkyl or cyclic N) is 1. The Morgan fingerprint density at radius 2 is 2.00 bits per heavy atom. The van der Waals surface area contributed by atoms with Crippen LogP contribution in [0.1, 0.15) is 25.7 Å². The normalized spacial score (nSPS) is 20.4. The fraction of sp³-hybridized carbons (Fsp3) is 0.818. The highest BCUT2D eigenvalue weighted by Gasteiger charge is 2.30. The Balaban J connectivity index is 1.50. The van der Waals surface area contributed by atoms with Gasteiger partial charge in [-0.25, -0.2) is 0 Å². The summed E-state index contributed by atoms with van der Waals surface area (Å²) in [6, 6.07) is 0. The highest BCUT2D eigenvalue weighted by Crippen LogP contribution is 2.28. The van der Waals surface area contributed by atoms with Crippen LogP contribution < -0.4 is 5.32 Å². The van der Waals surface area contributed by atoms with Crippen LogP contribution in [-0.4, -0.2) is 47.6 Å². The molecular formula is C11H18N2O3. The number of amides is 2. The van der Waals surface area contributed by atoms with E-state index in [9.17, 15) is 9.59 Å². The zero-order chi connectivity index (χ0) is 11.5. The monoisotopic (exact) mass is 226 g/mol. The number of nitrogens with zero attached hydrogens (tertiary/aromatic N) is 1. The second-order valence-corrected chi connectivity index (χ2v) is 4.62. The number of nitrogens with one attached hydrogen (secondary N) is 1. The molecule has 1 aliphatic heterocycles. The number of aliphatic hydroxyl groups excluding tert-OH is 1. The summed E-state index contributed by atoms with van der Waals surface area (Å²) in [5.74, 6) is 0.444. The zero-order valence-electron chi connectivity index (χ0n) is 9.32. The van der Waals surface area contributed by atoms with Crippen LogP contribution >= 0.6 is 0 Å². The van der Waals surface area contributed by atoms with Gasteiger partial charge < -0.3 is 15.3 Å². The average Bonchev–Trinajstić information content (AvgIpc) is 3.02. The molecule has 2 rings (SSSR count). The quantitative estimate of drug-likeness (QED) is 0.621. The maximum atomic E-state index is 11.5. The van der Waals surface area contributed by atoms with Crippen molar-refractivity contribution in [3.8, 4) is 0 Å². The van der Waals surface area contributed by atoms with Crippen LogP contribution in [0.3, 0.4) is 0 Å². The van der Waals surface area contributed by atoms with Gasteiger partial charge in [0.2, 0.25) is 11.8 Å². The van der Waals surface area contributed by atoms with E-state index in [2.05, 4.69) is 5.32 Å². The van der Waals surface area contributed by atoms with Crippen molar-refractivity contribution in [2.75, 3.05) is 19.6 Å². The van der Waals surface area contributed by atoms with E-state index in [4.69, 9.17) is 5.11 Å². The van der Waals surface area contributed by atoms with Gasteiger partial charge in [-0.3, -0.25) is 9.59 Å². The van der Waals surface area contributed by atoms with E-state index < -0.39 is 0 Å². The highest BCUT2D eigenvalue weighted by molar-refractivity contribution is 5.81. The lowest BCUT2D eigenvalue weighted by Crippen LogP contribution is -2.53. The smallest absolute Gasteiger partial charge is 0.223 e. The SMILES string of the molecule is O=C(NCCCC(=O)N1CC(O)C1)C1CC1. The Hall–Kier alpha value is -1.10. The number of hydrogen-bond acceptors (Lipinski definition) is 3. The van der Waals surface area contributed by atoms with Crippen LogP contribution in [0.15, 0.2) is 0 Å². The minimum Gasteiger partial charge on any atom is -0.389 e. The summed E-state index contributed by atoms with van der Waals surface area (Å²) in [4.78, 5) is 24.4. The van der Waals surface area contributed by atoms with Gasteiger partial charge in [0, 0.05) is 32.0 Å². The van der Waals surface area contributed by atoms with Crippen LogP contribution in [-0.2, 0) is 9.59 Å². The Morgan fingerprint density at radius 1 is 1.31 bits per heavy atom. The summed E-state index contributed by atoms with van der Waals surface area (Å²) < 4.78 is 0. The summed E-state index contributed by atoms with van der Waals surface area (Å²) in [5.41, 5.74) is 0. The molecule has 0 atom stereocenters. The minimum atomic E-state index is -0.335. The van der Waals surface area contributed by atoms with Gasteiger partial charge >= 0.3 is 0 Å². The summed E-state index contributed by atoms with van der Waals surface area (Å²) in [7, 11) is 0. The van der Waals surface area contributed by atoms with Gasteiger partial charge in [-0.05, 0) is 19.3 Å². The summed E-state index contributed by atoms with van der Waals surface area (Å²) in [6.07, 6.45) is 2.83. The van der Waals surface area contributed by atoms with Gasteiger partial charge in [0.15, 0.2) is 0 Å². The molecule has 0 bridgehead atoms. The Labute approximate surface area is 94.8 Å². The molecule has 16 heavy (non-hydrogen) atoms. The number of carbonyl (C=O) groups excluding carboxylic acids is 2. The van der Waals surface area contributed by atoms with Gasteiger partial charge in [-0.15, -0.1) is 0 Å². The minimum absolute atomic E-state index is 0.0750. The third-order valence-corrected chi connectivity index (χ3v) is 3.03. The predicted molar refractivity (Wildman–Crippen MR) is 57.6 cm³/mol. The van der Waals surface area contributed by atoms with E-state index in [1.165, 1.54) is 0 Å². The zero-order valence-corrected chi connectivity index (χ0v) is 9.32. The Kier molecular flexibility index (Phi) is 3.43. The van der Waals surface area contributed by atoms with E-state index in [1.807, 2.05) is 0 Å². The fourth-order valence-electron chi connectivity index (χ4n) is 1.76. The maximum absolute atomic E-state index is 11.5. The molecule has 2 aliphatic rings. The van der Waals surface area contributed by atoms with Gasteiger partial charge in [0.1, 0.15) is 0 Å². The van der Waals surface area contributed by atoms with Crippen LogP contribution in [0, 0.1) is 5.92 Å². The molecule has 90 valence electrons. The number of hydrogen-bond donors (Lipinski definition) is 2. The van der Waals surface area contributed by atoms with Gasteiger partial charge in [0.05, 0.1) is 6.10 Å². The first-order chi connectivity index (χ1) is 7.66. The molecule has 1 heterocycles. The van der Waals surface area contributed by atoms with Crippen molar-refractivity contribution in [2.45, 2.75) is 31.8 Å². The molecule has 0 radical (unpaired) electrons. The molecule has 1 saturated heterocycles. The number of aliphatic hydroxyl groups is 1. The van der Waals surface area contributed by atoms with Crippen molar-refractivity contribution in [3.63, 3.8) is 0 Å². The second kappa shape index (κ2) is 4.82. The highest BCUT2D eigenvalue weighted by atomic mass is 16.3. The van der Waals surface area contributed by atoms with Gasteiger partial charge in [-0.2, -0.15) is 0 Å². The number of carbonyl (C=O) groups is 2. The predicted octanol–water partition coefficient (Wildman–Crippen LogP) is -0.504. The molecule has 0 spiro atoms. The van der Waals surface area contributed by atoms with E-state index in [0.717, 1.165) is 12.8 Å².